The highest BCUT2D eigenvalue weighted by Gasteiger charge is 2.36. The molecule has 1 aliphatic heterocycles. The number of benzene rings is 1. The van der Waals surface area contributed by atoms with Crippen molar-refractivity contribution in [1.29, 1.82) is 0 Å². The summed E-state index contributed by atoms with van der Waals surface area (Å²) < 4.78 is 19.2. The molecule has 1 aliphatic rings. The summed E-state index contributed by atoms with van der Waals surface area (Å²) in [5.74, 6) is -0.730. The van der Waals surface area contributed by atoms with Gasteiger partial charge in [-0.2, -0.15) is 0 Å². The van der Waals surface area contributed by atoms with Crippen molar-refractivity contribution in [3.63, 3.8) is 0 Å². The summed E-state index contributed by atoms with van der Waals surface area (Å²) in [4.78, 5) is 14.0. The summed E-state index contributed by atoms with van der Waals surface area (Å²) in [6.45, 7) is 3.18. The third-order valence-corrected chi connectivity index (χ3v) is 3.49. The summed E-state index contributed by atoms with van der Waals surface area (Å²) >= 11 is 0. The summed E-state index contributed by atoms with van der Waals surface area (Å²) in [5, 5.41) is 3.07. The van der Waals surface area contributed by atoms with Crippen LogP contribution in [0, 0.1) is 11.7 Å². The second kappa shape index (κ2) is 6.12. The molecular weight excluding hydrogens is 247 g/mol. The van der Waals surface area contributed by atoms with E-state index in [0.29, 0.717) is 25.4 Å². The average molecular weight is 266 g/mol. The molecule has 104 valence electrons. The van der Waals surface area contributed by atoms with Crippen molar-refractivity contribution in [2.45, 2.75) is 13.0 Å². The molecule has 0 saturated carbocycles. The number of hydrogen-bond acceptors (Lipinski definition) is 3. The number of ether oxygens (including phenoxy) is 1. The molecule has 2 rings (SSSR count). The molecule has 5 heteroatoms. The van der Waals surface area contributed by atoms with Crippen molar-refractivity contribution in [2.75, 3.05) is 31.7 Å². The van der Waals surface area contributed by atoms with Gasteiger partial charge in [-0.25, -0.2) is 4.39 Å². The number of nitrogens with one attached hydrogen (secondary N) is 1. The number of para-hydroxylation sites is 1. The Hall–Kier alpha value is -1.46. The molecule has 1 saturated heterocycles. The van der Waals surface area contributed by atoms with Crippen LogP contribution in [-0.4, -0.2) is 38.8 Å². The predicted octanol–water partition coefficient (Wildman–Crippen LogP) is 1.41. The number of hydrogen-bond donors (Lipinski definition) is 1. The van der Waals surface area contributed by atoms with Gasteiger partial charge in [0.05, 0.1) is 24.8 Å². The molecule has 0 radical (unpaired) electrons. The Morgan fingerprint density at radius 2 is 2.21 bits per heavy atom. The fourth-order valence-electron chi connectivity index (χ4n) is 2.40. The fourth-order valence-corrected chi connectivity index (χ4v) is 2.40. The van der Waals surface area contributed by atoms with Crippen molar-refractivity contribution >= 4 is 11.6 Å². The van der Waals surface area contributed by atoms with Crippen molar-refractivity contribution in [3.8, 4) is 0 Å². The molecule has 1 amide bonds. The number of likely N-dealkylation sites (N-methyl/N-ethyl adjacent to an activating group) is 1. The molecule has 1 heterocycles. The minimum Gasteiger partial charge on any atom is -0.379 e. The Balaban J connectivity index is 2.22. The molecule has 1 aromatic carbocycles. The lowest BCUT2D eigenvalue weighted by atomic mass is 10.0. The highest BCUT2D eigenvalue weighted by molar-refractivity contribution is 5.95. The van der Waals surface area contributed by atoms with Crippen LogP contribution in [0.1, 0.15) is 6.92 Å². The predicted molar refractivity (Wildman–Crippen MR) is 71.6 cm³/mol. The number of halogens is 1. The van der Waals surface area contributed by atoms with Gasteiger partial charge in [0.15, 0.2) is 0 Å². The number of amides is 1. The molecule has 2 unspecified atom stereocenters. The molecule has 4 nitrogen and oxygen atoms in total. The first-order chi connectivity index (χ1) is 9.19. The normalized spacial score (nSPS) is 22.5. The third kappa shape index (κ3) is 2.77. The summed E-state index contributed by atoms with van der Waals surface area (Å²) in [6.07, 6.45) is 0. The van der Waals surface area contributed by atoms with Crippen LogP contribution in [-0.2, 0) is 9.53 Å². The van der Waals surface area contributed by atoms with Gasteiger partial charge in [0.25, 0.3) is 0 Å². The van der Waals surface area contributed by atoms with E-state index in [9.17, 15) is 9.18 Å². The van der Waals surface area contributed by atoms with E-state index in [2.05, 4.69) is 5.32 Å². The molecule has 1 aromatic rings. The minimum absolute atomic E-state index is 0.00618. The topological polar surface area (TPSA) is 41.6 Å². The molecule has 1 fully saturated rings. The zero-order chi connectivity index (χ0) is 13.8. The third-order valence-electron chi connectivity index (χ3n) is 3.49. The van der Waals surface area contributed by atoms with E-state index in [0.717, 1.165) is 0 Å². The van der Waals surface area contributed by atoms with Crippen LogP contribution < -0.4 is 10.2 Å². The number of carbonyl (C=O) groups excluding carboxylic acids is 1. The lowest BCUT2D eigenvalue weighted by Gasteiger charge is -2.26. The maximum Gasteiger partial charge on any atom is 0.234 e. The molecule has 19 heavy (non-hydrogen) atoms. The first-order valence-corrected chi connectivity index (χ1v) is 6.50. The van der Waals surface area contributed by atoms with E-state index in [4.69, 9.17) is 4.74 Å². The highest BCUT2D eigenvalue weighted by atomic mass is 19.1. The van der Waals surface area contributed by atoms with E-state index in [1.54, 1.807) is 25.2 Å². The van der Waals surface area contributed by atoms with Crippen LogP contribution in [0.25, 0.3) is 0 Å². The van der Waals surface area contributed by atoms with Crippen LogP contribution in [0.15, 0.2) is 24.3 Å². The quantitative estimate of drug-likeness (QED) is 0.896. The lowest BCUT2D eigenvalue weighted by Crippen LogP contribution is -2.45. The average Bonchev–Trinajstić information content (AvgIpc) is 2.89. The van der Waals surface area contributed by atoms with Gasteiger partial charge in [-0.05, 0) is 26.1 Å². The Morgan fingerprint density at radius 1 is 1.47 bits per heavy atom. The molecule has 0 spiro atoms. The van der Waals surface area contributed by atoms with Gasteiger partial charge in [-0.3, -0.25) is 4.79 Å². The van der Waals surface area contributed by atoms with Crippen LogP contribution in [0.5, 0.6) is 0 Å². The van der Waals surface area contributed by atoms with Crippen LogP contribution in [0.4, 0.5) is 10.1 Å². The maximum absolute atomic E-state index is 13.8. The van der Waals surface area contributed by atoms with Gasteiger partial charge in [0.2, 0.25) is 5.91 Å². The van der Waals surface area contributed by atoms with E-state index in [1.807, 2.05) is 6.92 Å². The maximum atomic E-state index is 13.8. The van der Waals surface area contributed by atoms with E-state index < -0.39 is 0 Å². The zero-order valence-electron chi connectivity index (χ0n) is 11.2. The first kappa shape index (κ1) is 14.0. The van der Waals surface area contributed by atoms with Gasteiger partial charge in [0, 0.05) is 12.6 Å². The zero-order valence-corrected chi connectivity index (χ0v) is 11.2. The second-order valence-corrected chi connectivity index (χ2v) is 4.57. The smallest absolute Gasteiger partial charge is 0.234 e. The number of anilines is 1. The van der Waals surface area contributed by atoms with E-state index >= 15 is 0 Å². The lowest BCUT2D eigenvalue weighted by molar-refractivity contribution is -0.122. The summed E-state index contributed by atoms with van der Waals surface area (Å²) in [5.41, 5.74) is 0.330. The van der Waals surface area contributed by atoms with Gasteiger partial charge in [-0.15, -0.1) is 0 Å². The highest BCUT2D eigenvalue weighted by Crippen LogP contribution is 2.23. The molecular formula is C14H19FN2O2. The largest absolute Gasteiger partial charge is 0.379 e. The minimum atomic E-state index is -0.377. The van der Waals surface area contributed by atoms with Gasteiger partial charge in [0.1, 0.15) is 5.82 Å². The monoisotopic (exact) mass is 266 g/mol. The Kier molecular flexibility index (Phi) is 4.50. The fraction of sp³-hybridized carbons (Fsp3) is 0.500. The Bertz CT molecular complexity index is 453. The van der Waals surface area contributed by atoms with Gasteiger partial charge < -0.3 is 15.0 Å². The standard InChI is InChI=1S/C14H19FN2O2/c1-3-17(13-7-5-4-6-11(13)15)14(18)10-8-19-9-12(10)16-2/h4-7,10,12,16H,3,8-9H2,1-2H3. The molecule has 0 aliphatic carbocycles. The van der Waals surface area contributed by atoms with Crippen molar-refractivity contribution < 1.29 is 13.9 Å². The van der Waals surface area contributed by atoms with E-state index in [1.165, 1.54) is 11.0 Å². The van der Waals surface area contributed by atoms with E-state index in [-0.39, 0.29) is 23.7 Å². The Labute approximate surface area is 112 Å². The van der Waals surface area contributed by atoms with Crippen molar-refractivity contribution in [1.82, 2.24) is 5.32 Å². The van der Waals surface area contributed by atoms with Gasteiger partial charge in [-0.1, -0.05) is 12.1 Å². The van der Waals surface area contributed by atoms with Crippen LogP contribution >= 0.6 is 0 Å². The summed E-state index contributed by atoms with van der Waals surface area (Å²) in [6, 6.07) is 6.34. The van der Waals surface area contributed by atoms with Crippen molar-refractivity contribution in [3.05, 3.63) is 30.1 Å². The molecule has 1 N–H and O–H groups in total. The van der Waals surface area contributed by atoms with Gasteiger partial charge >= 0.3 is 0 Å². The van der Waals surface area contributed by atoms with Crippen LogP contribution in [0.2, 0.25) is 0 Å². The number of rotatable bonds is 4. The second-order valence-electron chi connectivity index (χ2n) is 4.57. The Morgan fingerprint density at radius 3 is 2.84 bits per heavy atom. The molecule has 2 atom stereocenters. The molecule has 0 bridgehead atoms. The number of carbonyl (C=O) groups is 1. The summed E-state index contributed by atoms with van der Waals surface area (Å²) in [7, 11) is 1.80. The first-order valence-electron chi connectivity index (χ1n) is 6.50. The molecule has 0 aromatic heterocycles. The number of nitrogens with zero attached hydrogens (tertiary/aromatic N) is 1. The SMILES string of the molecule is CCN(C(=O)C1COCC1NC)c1ccccc1F. The van der Waals surface area contributed by atoms with Crippen LogP contribution in [0.3, 0.4) is 0 Å². The van der Waals surface area contributed by atoms with Crippen molar-refractivity contribution in [2.24, 2.45) is 5.92 Å².